The molecule has 16 heavy (non-hydrogen) atoms. The zero-order valence-electron chi connectivity index (χ0n) is 10.3. The fourth-order valence-corrected chi connectivity index (χ4v) is 2.78. The van der Waals surface area contributed by atoms with Crippen molar-refractivity contribution in [1.82, 2.24) is 10.2 Å². The molecule has 2 saturated heterocycles. The molecule has 2 rings (SSSR count). The smallest absolute Gasteiger partial charge is 0.0593 e. The van der Waals surface area contributed by atoms with Crippen LogP contribution in [0.3, 0.4) is 0 Å². The quantitative estimate of drug-likeness (QED) is 0.755. The normalized spacial score (nSPS) is 32.8. The van der Waals surface area contributed by atoms with Crippen molar-refractivity contribution in [2.45, 2.75) is 12.8 Å². The second kappa shape index (κ2) is 5.96. The summed E-state index contributed by atoms with van der Waals surface area (Å²) in [5.41, 5.74) is 0.350. The average Bonchev–Trinajstić information content (AvgIpc) is 2.50. The highest BCUT2D eigenvalue weighted by Gasteiger charge is 2.35. The number of rotatable bonds is 3. The van der Waals surface area contributed by atoms with E-state index in [4.69, 9.17) is 9.47 Å². The monoisotopic (exact) mass is 228 g/mol. The zero-order chi connectivity index (χ0) is 11.3. The molecule has 2 aliphatic rings. The van der Waals surface area contributed by atoms with Crippen molar-refractivity contribution in [1.29, 1.82) is 0 Å². The van der Waals surface area contributed by atoms with Gasteiger partial charge in [0.15, 0.2) is 0 Å². The lowest BCUT2D eigenvalue weighted by atomic mass is 9.81. The lowest BCUT2D eigenvalue weighted by Crippen LogP contribution is -2.49. The van der Waals surface area contributed by atoms with Gasteiger partial charge in [-0.1, -0.05) is 0 Å². The molecule has 0 aromatic heterocycles. The molecule has 0 bridgehead atoms. The Bertz CT molecular complexity index is 205. The minimum absolute atomic E-state index is 0.350. The number of methoxy groups -OCH3 is 1. The van der Waals surface area contributed by atoms with E-state index in [1.165, 1.54) is 19.4 Å². The van der Waals surface area contributed by atoms with Crippen LogP contribution < -0.4 is 5.32 Å². The SMILES string of the molecule is COCCN1CCOC[C@@]2(CCCNC2)C1. The number of nitrogens with one attached hydrogen (secondary N) is 1. The van der Waals surface area contributed by atoms with Crippen molar-refractivity contribution in [3.63, 3.8) is 0 Å². The van der Waals surface area contributed by atoms with Gasteiger partial charge in [-0.2, -0.15) is 0 Å². The number of hydrogen-bond acceptors (Lipinski definition) is 4. The van der Waals surface area contributed by atoms with Gasteiger partial charge in [0.05, 0.1) is 19.8 Å². The van der Waals surface area contributed by atoms with E-state index in [-0.39, 0.29) is 0 Å². The van der Waals surface area contributed by atoms with Gasteiger partial charge in [0.2, 0.25) is 0 Å². The lowest BCUT2D eigenvalue weighted by molar-refractivity contribution is 0.0475. The molecule has 0 unspecified atom stereocenters. The lowest BCUT2D eigenvalue weighted by Gasteiger charge is -2.38. The Hall–Kier alpha value is -0.160. The summed E-state index contributed by atoms with van der Waals surface area (Å²) in [6.07, 6.45) is 2.57. The maximum absolute atomic E-state index is 5.78. The summed E-state index contributed by atoms with van der Waals surface area (Å²) in [6, 6.07) is 0. The molecule has 1 atom stereocenters. The summed E-state index contributed by atoms with van der Waals surface area (Å²) < 4.78 is 10.9. The minimum Gasteiger partial charge on any atom is -0.383 e. The van der Waals surface area contributed by atoms with Gasteiger partial charge in [0.25, 0.3) is 0 Å². The van der Waals surface area contributed by atoms with E-state index in [0.29, 0.717) is 5.41 Å². The summed E-state index contributed by atoms with van der Waals surface area (Å²) in [5, 5.41) is 3.51. The molecule has 1 spiro atoms. The van der Waals surface area contributed by atoms with E-state index in [1.807, 2.05) is 0 Å². The van der Waals surface area contributed by atoms with Crippen LogP contribution >= 0.6 is 0 Å². The van der Waals surface area contributed by atoms with E-state index >= 15 is 0 Å². The number of ether oxygens (including phenoxy) is 2. The third-order valence-corrected chi connectivity index (χ3v) is 3.69. The van der Waals surface area contributed by atoms with E-state index in [2.05, 4.69) is 10.2 Å². The Labute approximate surface area is 98.3 Å². The highest BCUT2D eigenvalue weighted by molar-refractivity contribution is 4.89. The summed E-state index contributed by atoms with van der Waals surface area (Å²) in [4.78, 5) is 2.49. The molecule has 0 aromatic rings. The average molecular weight is 228 g/mol. The third-order valence-electron chi connectivity index (χ3n) is 3.69. The van der Waals surface area contributed by atoms with E-state index in [1.54, 1.807) is 7.11 Å². The van der Waals surface area contributed by atoms with Gasteiger partial charge >= 0.3 is 0 Å². The fourth-order valence-electron chi connectivity index (χ4n) is 2.78. The van der Waals surface area contributed by atoms with Gasteiger partial charge in [-0.25, -0.2) is 0 Å². The molecule has 2 heterocycles. The largest absolute Gasteiger partial charge is 0.383 e. The standard InChI is InChI=1S/C12H24N2O2/c1-15-7-5-14-6-8-16-11-12(10-14)3-2-4-13-9-12/h13H,2-11H2,1H3/t12-/m1/s1. The molecule has 2 aliphatic heterocycles. The van der Waals surface area contributed by atoms with Crippen LogP contribution in [0.5, 0.6) is 0 Å². The molecule has 94 valence electrons. The maximum Gasteiger partial charge on any atom is 0.0593 e. The van der Waals surface area contributed by atoms with Gasteiger partial charge in [0, 0.05) is 38.7 Å². The Morgan fingerprint density at radius 2 is 2.44 bits per heavy atom. The van der Waals surface area contributed by atoms with Crippen molar-refractivity contribution >= 4 is 0 Å². The van der Waals surface area contributed by atoms with Crippen molar-refractivity contribution in [2.75, 3.05) is 59.7 Å². The summed E-state index contributed by atoms with van der Waals surface area (Å²) in [7, 11) is 1.77. The molecule has 2 fully saturated rings. The summed E-state index contributed by atoms with van der Waals surface area (Å²) in [5.74, 6) is 0. The molecular weight excluding hydrogens is 204 g/mol. The predicted octanol–water partition coefficient (Wildman–Crippen LogP) is 0.335. The molecule has 1 N–H and O–H groups in total. The predicted molar refractivity (Wildman–Crippen MR) is 63.7 cm³/mol. The van der Waals surface area contributed by atoms with Crippen LogP contribution in [-0.2, 0) is 9.47 Å². The van der Waals surface area contributed by atoms with Crippen molar-refractivity contribution in [3.8, 4) is 0 Å². The van der Waals surface area contributed by atoms with Crippen LogP contribution in [0, 0.1) is 5.41 Å². The first-order valence-corrected chi connectivity index (χ1v) is 6.34. The molecule has 4 nitrogen and oxygen atoms in total. The Morgan fingerprint density at radius 1 is 1.50 bits per heavy atom. The van der Waals surface area contributed by atoms with Crippen molar-refractivity contribution in [2.24, 2.45) is 5.41 Å². The second-order valence-corrected chi connectivity index (χ2v) is 5.10. The molecule has 0 aliphatic carbocycles. The number of nitrogens with zero attached hydrogens (tertiary/aromatic N) is 1. The third kappa shape index (κ3) is 3.17. The molecule has 0 aromatic carbocycles. The van der Waals surface area contributed by atoms with Gasteiger partial charge in [-0.05, 0) is 19.4 Å². The summed E-state index contributed by atoms with van der Waals surface area (Å²) >= 11 is 0. The second-order valence-electron chi connectivity index (χ2n) is 5.10. The highest BCUT2D eigenvalue weighted by Crippen LogP contribution is 2.29. The minimum atomic E-state index is 0.350. The number of hydrogen-bond donors (Lipinski definition) is 1. The van der Waals surface area contributed by atoms with Crippen LogP contribution in [0.1, 0.15) is 12.8 Å². The Balaban J connectivity index is 1.91. The Morgan fingerprint density at radius 3 is 3.19 bits per heavy atom. The maximum atomic E-state index is 5.78. The van der Waals surface area contributed by atoms with Gasteiger partial charge in [0.1, 0.15) is 0 Å². The molecule has 0 saturated carbocycles. The highest BCUT2D eigenvalue weighted by atomic mass is 16.5. The Kier molecular flexibility index (Phi) is 4.58. The van der Waals surface area contributed by atoms with Gasteiger partial charge in [-0.15, -0.1) is 0 Å². The first-order valence-electron chi connectivity index (χ1n) is 6.34. The van der Waals surface area contributed by atoms with Crippen LogP contribution in [0.2, 0.25) is 0 Å². The molecule has 0 amide bonds. The van der Waals surface area contributed by atoms with Crippen molar-refractivity contribution < 1.29 is 9.47 Å². The van der Waals surface area contributed by atoms with Crippen LogP contribution in [0.25, 0.3) is 0 Å². The molecule has 0 radical (unpaired) electrons. The first-order chi connectivity index (χ1) is 7.85. The molecule has 4 heteroatoms. The zero-order valence-corrected chi connectivity index (χ0v) is 10.3. The topological polar surface area (TPSA) is 33.7 Å². The van der Waals surface area contributed by atoms with Gasteiger partial charge < -0.3 is 14.8 Å². The van der Waals surface area contributed by atoms with E-state index < -0.39 is 0 Å². The van der Waals surface area contributed by atoms with Crippen molar-refractivity contribution in [3.05, 3.63) is 0 Å². The van der Waals surface area contributed by atoms with Crippen LogP contribution in [0.4, 0.5) is 0 Å². The summed E-state index contributed by atoms with van der Waals surface area (Å²) in [6.45, 7) is 8.12. The van der Waals surface area contributed by atoms with Gasteiger partial charge in [-0.3, -0.25) is 4.90 Å². The van der Waals surface area contributed by atoms with E-state index in [9.17, 15) is 0 Å². The number of piperidine rings is 1. The first kappa shape index (κ1) is 12.3. The molecular formula is C12H24N2O2. The van der Waals surface area contributed by atoms with E-state index in [0.717, 1.165) is 46.0 Å². The van der Waals surface area contributed by atoms with Crippen LogP contribution in [-0.4, -0.2) is 64.6 Å². The fraction of sp³-hybridized carbons (Fsp3) is 1.00. The van der Waals surface area contributed by atoms with Crippen LogP contribution in [0.15, 0.2) is 0 Å².